The van der Waals surface area contributed by atoms with Gasteiger partial charge < -0.3 is 10.2 Å². The van der Waals surface area contributed by atoms with E-state index in [1.165, 1.54) is 29.8 Å². The van der Waals surface area contributed by atoms with Crippen LogP contribution < -0.4 is 10.2 Å². The maximum absolute atomic E-state index is 3.54. The fraction of sp³-hybridized carbons (Fsp3) is 0.538. The molecule has 0 saturated heterocycles. The van der Waals surface area contributed by atoms with Gasteiger partial charge in [0.1, 0.15) is 0 Å². The first-order chi connectivity index (χ1) is 7.36. The van der Waals surface area contributed by atoms with Gasteiger partial charge in [-0.05, 0) is 38.3 Å². The molecule has 82 valence electrons. The number of hydrogen-bond acceptors (Lipinski definition) is 2. The molecule has 0 unspecified atom stereocenters. The second-order valence-electron chi connectivity index (χ2n) is 4.01. The average Bonchev–Trinajstić information content (AvgIpc) is 2.31. The third-order valence-electron chi connectivity index (χ3n) is 3.16. The Hall–Kier alpha value is -1.18. The zero-order valence-electron chi connectivity index (χ0n) is 9.71. The predicted molar refractivity (Wildman–Crippen MR) is 66.8 cm³/mol. The number of hydrogen-bond donors (Lipinski definition) is 1. The first-order valence-electron chi connectivity index (χ1n) is 5.97. The summed E-state index contributed by atoms with van der Waals surface area (Å²) in [6.07, 6.45) is 2.48. The van der Waals surface area contributed by atoms with Crippen molar-refractivity contribution in [3.8, 4) is 0 Å². The van der Waals surface area contributed by atoms with Crippen molar-refractivity contribution < 1.29 is 0 Å². The molecule has 2 nitrogen and oxygen atoms in total. The van der Waals surface area contributed by atoms with Crippen molar-refractivity contribution in [1.82, 2.24) is 0 Å². The van der Waals surface area contributed by atoms with Crippen molar-refractivity contribution in [2.75, 3.05) is 29.9 Å². The number of anilines is 2. The Balaban J connectivity index is 2.38. The van der Waals surface area contributed by atoms with Crippen LogP contribution >= 0.6 is 0 Å². The number of nitrogens with one attached hydrogen (secondary N) is 1. The van der Waals surface area contributed by atoms with Gasteiger partial charge in [0, 0.05) is 19.6 Å². The zero-order valence-corrected chi connectivity index (χ0v) is 9.71. The summed E-state index contributed by atoms with van der Waals surface area (Å²) >= 11 is 0. The van der Waals surface area contributed by atoms with Gasteiger partial charge in [-0.25, -0.2) is 0 Å². The third kappa shape index (κ3) is 1.94. The summed E-state index contributed by atoms with van der Waals surface area (Å²) in [5.41, 5.74) is 4.22. The molecule has 0 spiro atoms. The van der Waals surface area contributed by atoms with Crippen molar-refractivity contribution >= 4 is 11.4 Å². The smallest absolute Gasteiger partial charge is 0.0610 e. The normalized spacial score (nSPS) is 14.3. The highest BCUT2D eigenvalue weighted by Crippen LogP contribution is 2.32. The van der Waals surface area contributed by atoms with E-state index in [0.29, 0.717) is 0 Å². The highest BCUT2D eigenvalue weighted by Gasteiger charge is 2.14. The van der Waals surface area contributed by atoms with Gasteiger partial charge in [0.2, 0.25) is 0 Å². The summed E-state index contributed by atoms with van der Waals surface area (Å²) in [5, 5.41) is 3.54. The van der Waals surface area contributed by atoms with Crippen LogP contribution in [0.2, 0.25) is 0 Å². The van der Waals surface area contributed by atoms with E-state index in [1.807, 2.05) is 0 Å². The van der Waals surface area contributed by atoms with Crippen LogP contribution in [0, 0.1) is 0 Å². The van der Waals surface area contributed by atoms with Crippen molar-refractivity contribution in [1.29, 1.82) is 0 Å². The number of rotatable bonds is 3. The van der Waals surface area contributed by atoms with Crippen LogP contribution in [0.4, 0.5) is 11.4 Å². The molecule has 1 aliphatic heterocycles. The molecule has 0 aromatic heterocycles. The molecule has 1 aromatic rings. The van der Waals surface area contributed by atoms with Gasteiger partial charge in [-0.2, -0.15) is 0 Å². The van der Waals surface area contributed by atoms with Gasteiger partial charge in [-0.1, -0.05) is 12.1 Å². The molecule has 15 heavy (non-hydrogen) atoms. The van der Waals surface area contributed by atoms with Crippen LogP contribution in [-0.4, -0.2) is 19.6 Å². The Bertz CT molecular complexity index is 329. The number of aryl methyl sites for hydroxylation is 1. The van der Waals surface area contributed by atoms with Crippen molar-refractivity contribution in [3.63, 3.8) is 0 Å². The minimum absolute atomic E-state index is 1.08. The summed E-state index contributed by atoms with van der Waals surface area (Å²) in [7, 11) is 0. The van der Waals surface area contributed by atoms with E-state index in [1.54, 1.807) is 0 Å². The van der Waals surface area contributed by atoms with Crippen LogP contribution in [-0.2, 0) is 6.42 Å². The first kappa shape index (κ1) is 10.3. The van der Waals surface area contributed by atoms with Crippen LogP contribution in [0.3, 0.4) is 0 Å². The molecule has 2 heteroatoms. The molecule has 1 aliphatic rings. The maximum Gasteiger partial charge on any atom is 0.0610 e. The average molecular weight is 204 g/mol. The lowest BCUT2D eigenvalue weighted by atomic mass is 10.0. The predicted octanol–water partition coefficient (Wildman–Crippen LogP) is 2.89. The molecule has 0 saturated carbocycles. The number of para-hydroxylation sites is 1. The Morgan fingerprint density at radius 1 is 1.27 bits per heavy atom. The second kappa shape index (κ2) is 4.56. The fourth-order valence-corrected chi connectivity index (χ4v) is 2.32. The summed E-state index contributed by atoms with van der Waals surface area (Å²) in [6, 6.07) is 6.65. The second-order valence-corrected chi connectivity index (χ2v) is 4.01. The highest BCUT2D eigenvalue weighted by atomic mass is 15.1. The van der Waals surface area contributed by atoms with Crippen molar-refractivity contribution in [3.05, 3.63) is 23.8 Å². The van der Waals surface area contributed by atoms with E-state index >= 15 is 0 Å². The molecule has 0 amide bonds. The molecular formula is C13H20N2. The Labute approximate surface area is 92.3 Å². The van der Waals surface area contributed by atoms with E-state index in [-0.39, 0.29) is 0 Å². The largest absolute Gasteiger partial charge is 0.383 e. The van der Waals surface area contributed by atoms with Gasteiger partial charge >= 0.3 is 0 Å². The van der Waals surface area contributed by atoms with E-state index in [2.05, 4.69) is 42.3 Å². The van der Waals surface area contributed by atoms with Gasteiger partial charge in [-0.15, -0.1) is 0 Å². The van der Waals surface area contributed by atoms with E-state index in [0.717, 1.165) is 19.6 Å². The number of benzene rings is 1. The quantitative estimate of drug-likeness (QED) is 0.814. The molecule has 0 bridgehead atoms. The highest BCUT2D eigenvalue weighted by molar-refractivity contribution is 5.74. The third-order valence-corrected chi connectivity index (χ3v) is 3.16. The zero-order chi connectivity index (χ0) is 10.7. The number of nitrogens with zero attached hydrogens (tertiary/aromatic N) is 1. The van der Waals surface area contributed by atoms with Crippen LogP contribution in [0.25, 0.3) is 0 Å². The van der Waals surface area contributed by atoms with Crippen LogP contribution in [0.15, 0.2) is 18.2 Å². The summed E-state index contributed by atoms with van der Waals surface area (Å²) in [6.45, 7) is 7.70. The van der Waals surface area contributed by atoms with Gasteiger partial charge in [0.25, 0.3) is 0 Å². The number of fused-ring (bicyclic) bond motifs is 1. The Morgan fingerprint density at radius 3 is 2.80 bits per heavy atom. The lowest BCUT2D eigenvalue weighted by Crippen LogP contribution is -2.24. The molecule has 1 aromatic carbocycles. The van der Waals surface area contributed by atoms with Crippen molar-refractivity contribution in [2.45, 2.75) is 26.7 Å². The van der Waals surface area contributed by atoms with Gasteiger partial charge in [-0.3, -0.25) is 0 Å². The lowest BCUT2D eigenvalue weighted by molar-refractivity contribution is 0.816. The van der Waals surface area contributed by atoms with Crippen molar-refractivity contribution in [2.24, 2.45) is 0 Å². The SMILES string of the molecule is CCN(CC)c1cccc2c1NCCC2. The summed E-state index contributed by atoms with van der Waals surface area (Å²) < 4.78 is 0. The molecule has 0 atom stereocenters. The molecule has 0 aliphatic carbocycles. The van der Waals surface area contributed by atoms with E-state index in [4.69, 9.17) is 0 Å². The minimum Gasteiger partial charge on any atom is -0.383 e. The van der Waals surface area contributed by atoms with Gasteiger partial charge in [0.05, 0.1) is 11.4 Å². The monoisotopic (exact) mass is 204 g/mol. The lowest BCUT2D eigenvalue weighted by Gasteiger charge is -2.28. The summed E-state index contributed by atoms with van der Waals surface area (Å²) in [5.74, 6) is 0. The minimum atomic E-state index is 1.08. The Kier molecular flexibility index (Phi) is 3.14. The molecule has 2 rings (SSSR count). The summed E-state index contributed by atoms with van der Waals surface area (Å²) in [4.78, 5) is 2.41. The van der Waals surface area contributed by atoms with E-state index in [9.17, 15) is 0 Å². The van der Waals surface area contributed by atoms with Crippen LogP contribution in [0.5, 0.6) is 0 Å². The van der Waals surface area contributed by atoms with E-state index < -0.39 is 0 Å². The molecule has 1 N–H and O–H groups in total. The molecule has 1 heterocycles. The van der Waals surface area contributed by atoms with Crippen LogP contribution in [0.1, 0.15) is 25.8 Å². The molecular weight excluding hydrogens is 184 g/mol. The first-order valence-corrected chi connectivity index (χ1v) is 5.97. The van der Waals surface area contributed by atoms with Gasteiger partial charge in [0.15, 0.2) is 0 Å². The fourth-order valence-electron chi connectivity index (χ4n) is 2.32. The molecule has 0 fully saturated rings. The topological polar surface area (TPSA) is 15.3 Å². The standard InChI is InChI=1S/C13H20N2/c1-3-15(4-2)12-9-5-7-11-8-6-10-14-13(11)12/h5,7,9,14H,3-4,6,8,10H2,1-2H3. The molecule has 0 radical (unpaired) electrons. The maximum atomic E-state index is 3.54. The Morgan fingerprint density at radius 2 is 2.07 bits per heavy atom.